The summed E-state index contributed by atoms with van der Waals surface area (Å²) in [6, 6.07) is 15.9. The first-order valence-electron chi connectivity index (χ1n) is 12.2. The number of rotatable bonds is 8. The average molecular weight is 506 g/mol. The first kappa shape index (κ1) is 24.4. The molecule has 2 aliphatic heterocycles. The van der Waals surface area contributed by atoms with E-state index in [1.54, 1.807) is 0 Å². The van der Waals surface area contributed by atoms with Gasteiger partial charge in [-0.25, -0.2) is 0 Å². The Kier molecular flexibility index (Phi) is 7.31. The second-order valence-electron chi connectivity index (χ2n) is 9.20. The number of anilines is 2. The lowest BCUT2D eigenvalue weighted by Crippen LogP contribution is -2.31. The van der Waals surface area contributed by atoms with Crippen molar-refractivity contribution in [2.45, 2.75) is 44.5 Å². The molecule has 0 spiro atoms. The summed E-state index contributed by atoms with van der Waals surface area (Å²) >= 11 is 5.88. The Balaban J connectivity index is 1.51. The lowest BCUT2D eigenvalue weighted by molar-refractivity contribution is -0.119. The van der Waals surface area contributed by atoms with Crippen molar-refractivity contribution in [3.05, 3.63) is 77.9 Å². The molecule has 3 atom stereocenters. The van der Waals surface area contributed by atoms with Gasteiger partial charge in [0.25, 0.3) is 0 Å². The van der Waals surface area contributed by atoms with Crippen LogP contribution in [0.25, 0.3) is 0 Å². The number of methoxy groups -OCH3 is 1. The fourth-order valence-corrected chi connectivity index (χ4v) is 5.40. The Morgan fingerprint density at radius 1 is 1.28 bits per heavy atom. The maximum Gasteiger partial charge on any atom is 0.250 e. The maximum atomic E-state index is 12.0. The van der Waals surface area contributed by atoms with E-state index in [0.29, 0.717) is 5.11 Å². The maximum absolute atomic E-state index is 12.0. The summed E-state index contributed by atoms with van der Waals surface area (Å²) in [6.07, 6.45) is 6.32. The predicted molar refractivity (Wildman–Crippen MR) is 143 cm³/mol. The minimum Gasteiger partial charge on any atom is -0.376 e. The third-order valence-corrected chi connectivity index (χ3v) is 7.04. The number of nitrogens with zero attached hydrogens (tertiary/aromatic N) is 3. The molecule has 9 heteroatoms. The summed E-state index contributed by atoms with van der Waals surface area (Å²) in [5, 5.41) is 7.06. The molecule has 188 valence electrons. The summed E-state index contributed by atoms with van der Waals surface area (Å²) < 4.78 is 13.2. The topological polar surface area (TPSA) is 80.7 Å². The van der Waals surface area contributed by atoms with E-state index in [0.717, 1.165) is 54.3 Å². The molecule has 1 amide bonds. The molecule has 2 aromatic heterocycles. The van der Waals surface area contributed by atoms with Crippen LogP contribution in [0.5, 0.6) is 0 Å². The van der Waals surface area contributed by atoms with Crippen molar-refractivity contribution in [3.63, 3.8) is 0 Å². The number of aryl methyl sites for hydroxylation is 1. The Bertz CT molecular complexity index is 1230. The Hall–Kier alpha value is -3.27. The van der Waals surface area contributed by atoms with Crippen molar-refractivity contribution in [2.24, 2.45) is 0 Å². The quantitative estimate of drug-likeness (QED) is 0.446. The lowest BCUT2D eigenvalue weighted by Gasteiger charge is -2.30. The molecule has 0 unspecified atom stereocenters. The van der Waals surface area contributed by atoms with Crippen LogP contribution in [0.4, 0.5) is 11.4 Å². The number of carbonyl (C=O) groups excluding carboxylic acids is 1. The van der Waals surface area contributed by atoms with Crippen molar-refractivity contribution in [1.29, 1.82) is 0 Å². The molecule has 0 saturated carbocycles. The van der Waals surface area contributed by atoms with Gasteiger partial charge in [0.05, 0.1) is 17.8 Å². The molecule has 4 heterocycles. The summed E-state index contributed by atoms with van der Waals surface area (Å²) in [7, 11) is 1.50. The molecule has 0 bridgehead atoms. The van der Waals surface area contributed by atoms with Crippen LogP contribution in [0, 0.1) is 6.92 Å². The summed E-state index contributed by atoms with van der Waals surface area (Å²) in [5.41, 5.74) is 4.71. The van der Waals surface area contributed by atoms with Crippen LogP contribution in [-0.2, 0) is 20.8 Å². The van der Waals surface area contributed by atoms with Crippen molar-refractivity contribution in [3.8, 4) is 0 Å². The molecule has 8 nitrogen and oxygen atoms in total. The van der Waals surface area contributed by atoms with E-state index in [9.17, 15) is 4.79 Å². The van der Waals surface area contributed by atoms with Gasteiger partial charge in [0.1, 0.15) is 12.6 Å². The van der Waals surface area contributed by atoms with Crippen LogP contribution in [-0.4, -0.2) is 47.0 Å². The van der Waals surface area contributed by atoms with Crippen LogP contribution in [0.1, 0.15) is 41.9 Å². The largest absolute Gasteiger partial charge is 0.376 e. The highest BCUT2D eigenvalue weighted by Gasteiger charge is 2.42. The van der Waals surface area contributed by atoms with Crippen molar-refractivity contribution in [1.82, 2.24) is 14.9 Å². The van der Waals surface area contributed by atoms with Crippen LogP contribution < -0.4 is 15.5 Å². The van der Waals surface area contributed by atoms with Gasteiger partial charge in [-0.1, -0.05) is 6.07 Å². The van der Waals surface area contributed by atoms with Gasteiger partial charge in [0.15, 0.2) is 5.11 Å². The zero-order chi connectivity index (χ0) is 25.1. The van der Waals surface area contributed by atoms with Crippen LogP contribution in [0.3, 0.4) is 0 Å². The first-order valence-corrected chi connectivity index (χ1v) is 12.6. The molecular weight excluding hydrogens is 474 g/mol. The normalized spacial score (nSPS) is 21.6. The Morgan fingerprint density at radius 3 is 2.89 bits per heavy atom. The van der Waals surface area contributed by atoms with E-state index in [1.165, 1.54) is 7.11 Å². The number of nitrogens with one attached hydrogen (secondary N) is 2. The smallest absolute Gasteiger partial charge is 0.250 e. The van der Waals surface area contributed by atoms with Crippen LogP contribution in [0.2, 0.25) is 0 Å². The Morgan fingerprint density at radius 2 is 2.17 bits per heavy atom. The van der Waals surface area contributed by atoms with E-state index in [-0.39, 0.29) is 30.7 Å². The van der Waals surface area contributed by atoms with Crippen LogP contribution in [0.15, 0.2) is 60.9 Å². The fourth-order valence-electron chi connectivity index (χ4n) is 5.06. The van der Waals surface area contributed by atoms with E-state index >= 15 is 0 Å². The lowest BCUT2D eigenvalue weighted by atomic mass is 10.0. The van der Waals surface area contributed by atoms with E-state index < -0.39 is 0 Å². The number of carbonyl (C=O) groups is 1. The van der Waals surface area contributed by atoms with Crippen molar-refractivity contribution < 1.29 is 14.3 Å². The molecule has 1 aromatic carbocycles. The summed E-state index contributed by atoms with van der Waals surface area (Å²) in [5.74, 6) is -0.188. The van der Waals surface area contributed by atoms with E-state index in [2.05, 4.69) is 49.5 Å². The molecule has 2 aliphatic rings. The number of ether oxygens (including phenoxy) is 2. The van der Waals surface area contributed by atoms with E-state index in [4.69, 9.17) is 21.7 Å². The predicted octanol–water partition coefficient (Wildman–Crippen LogP) is 4.13. The van der Waals surface area contributed by atoms with E-state index in [1.807, 2.05) is 43.5 Å². The Labute approximate surface area is 216 Å². The second kappa shape index (κ2) is 10.8. The molecule has 5 rings (SSSR count). The molecule has 0 radical (unpaired) electrons. The number of aromatic nitrogens is 2. The first-order chi connectivity index (χ1) is 17.5. The zero-order valence-corrected chi connectivity index (χ0v) is 21.3. The monoisotopic (exact) mass is 505 g/mol. The highest BCUT2D eigenvalue weighted by molar-refractivity contribution is 7.80. The average Bonchev–Trinajstić information content (AvgIpc) is 3.62. The highest BCUT2D eigenvalue weighted by Crippen LogP contribution is 2.42. The second-order valence-corrected chi connectivity index (χ2v) is 9.58. The molecular formula is C27H31N5O3S. The van der Waals surface area contributed by atoms with Crippen molar-refractivity contribution in [2.75, 3.05) is 30.5 Å². The van der Waals surface area contributed by atoms with Gasteiger partial charge in [-0.2, -0.15) is 0 Å². The number of thiocarbonyl (C=S) groups is 1. The van der Waals surface area contributed by atoms with Crippen LogP contribution >= 0.6 is 12.2 Å². The SMILES string of the molecule is COCC(=O)Nc1ccc(N2C(=S)N[C@H](c3ccccn3)[C@@H]2c2cccn2C[C@@H]2CCCO2)cc1C. The van der Waals surface area contributed by atoms with Gasteiger partial charge >= 0.3 is 0 Å². The van der Waals surface area contributed by atoms with Gasteiger partial charge < -0.3 is 29.6 Å². The van der Waals surface area contributed by atoms with Gasteiger partial charge in [0, 0.05) is 49.7 Å². The minimum atomic E-state index is -0.188. The number of amides is 1. The standard InChI is InChI=1S/C27H31N5O3S/c1-18-15-19(10-11-21(18)29-24(33)17-34-2)32-26(25(30-27(32)36)22-8-3-4-12-28-22)23-9-5-13-31(23)16-20-7-6-14-35-20/h3-5,8-13,15,20,25-26H,6-7,14,16-17H2,1-2H3,(H,29,33)(H,30,36)/t20-,25+,26-/m0/s1. The summed E-state index contributed by atoms with van der Waals surface area (Å²) in [6.45, 7) is 3.62. The molecule has 2 fully saturated rings. The number of hydrogen-bond acceptors (Lipinski definition) is 5. The fraction of sp³-hybridized carbons (Fsp3) is 0.370. The number of pyridine rings is 1. The zero-order valence-electron chi connectivity index (χ0n) is 20.5. The minimum absolute atomic E-state index is 0.0108. The third-order valence-electron chi connectivity index (χ3n) is 6.73. The molecule has 2 saturated heterocycles. The molecule has 36 heavy (non-hydrogen) atoms. The van der Waals surface area contributed by atoms with Gasteiger partial charge in [-0.15, -0.1) is 0 Å². The molecule has 2 N–H and O–H groups in total. The van der Waals surface area contributed by atoms with Crippen molar-refractivity contribution >= 4 is 34.6 Å². The van der Waals surface area contributed by atoms with Gasteiger partial charge in [-0.3, -0.25) is 9.78 Å². The van der Waals surface area contributed by atoms with Gasteiger partial charge in [0.2, 0.25) is 5.91 Å². The molecule has 3 aromatic rings. The number of benzene rings is 1. The highest BCUT2D eigenvalue weighted by atomic mass is 32.1. The number of hydrogen-bond donors (Lipinski definition) is 2. The molecule has 0 aliphatic carbocycles. The third kappa shape index (κ3) is 5.00. The summed E-state index contributed by atoms with van der Waals surface area (Å²) in [4.78, 5) is 18.9. The van der Waals surface area contributed by atoms with Gasteiger partial charge in [-0.05, 0) is 80.0 Å².